The highest BCUT2D eigenvalue weighted by Crippen LogP contribution is 2.29. The molecule has 2 rings (SSSR count). The predicted molar refractivity (Wildman–Crippen MR) is 67.3 cm³/mol. The van der Waals surface area contributed by atoms with Crippen molar-refractivity contribution in [1.82, 2.24) is 10.2 Å². The summed E-state index contributed by atoms with van der Waals surface area (Å²) in [6.07, 6.45) is 5.82. The van der Waals surface area contributed by atoms with Gasteiger partial charge in [0.25, 0.3) is 0 Å². The number of hydrogen-bond donors (Lipinski definition) is 2. The van der Waals surface area contributed by atoms with Crippen molar-refractivity contribution in [3.8, 4) is 0 Å². The van der Waals surface area contributed by atoms with Crippen molar-refractivity contribution in [1.29, 1.82) is 0 Å². The Bertz CT molecular complexity index is 337. The molecule has 102 valence electrons. The van der Waals surface area contributed by atoms with E-state index in [0.29, 0.717) is 19.5 Å². The Morgan fingerprint density at radius 2 is 1.94 bits per heavy atom. The van der Waals surface area contributed by atoms with Crippen LogP contribution in [0.1, 0.15) is 45.4 Å². The van der Waals surface area contributed by atoms with Crippen molar-refractivity contribution < 1.29 is 14.7 Å². The minimum atomic E-state index is -0.792. The van der Waals surface area contributed by atoms with Gasteiger partial charge in [-0.05, 0) is 32.6 Å². The van der Waals surface area contributed by atoms with Crippen molar-refractivity contribution in [3.63, 3.8) is 0 Å². The third-order valence-corrected chi connectivity index (χ3v) is 4.17. The Hall–Kier alpha value is -1.26. The smallest absolute Gasteiger partial charge is 0.317 e. The number of carboxylic acid groups (broad SMARTS) is 1. The van der Waals surface area contributed by atoms with E-state index in [1.165, 1.54) is 0 Å². The molecule has 2 fully saturated rings. The van der Waals surface area contributed by atoms with E-state index < -0.39 is 11.9 Å². The topological polar surface area (TPSA) is 69.6 Å². The molecule has 1 aliphatic heterocycles. The second-order valence-corrected chi connectivity index (χ2v) is 5.82. The van der Waals surface area contributed by atoms with Crippen molar-refractivity contribution in [2.45, 2.75) is 51.0 Å². The summed E-state index contributed by atoms with van der Waals surface area (Å²) in [7, 11) is 0. The fourth-order valence-corrected chi connectivity index (χ4v) is 2.98. The average molecular weight is 254 g/mol. The minimum absolute atomic E-state index is 0.0900. The van der Waals surface area contributed by atoms with Gasteiger partial charge < -0.3 is 15.3 Å². The summed E-state index contributed by atoms with van der Waals surface area (Å²) in [5.41, 5.74) is -0.0900. The van der Waals surface area contributed by atoms with Gasteiger partial charge in [0.2, 0.25) is 0 Å². The van der Waals surface area contributed by atoms with Gasteiger partial charge in [0.1, 0.15) is 0 Å². The standard InChI is InChI=1S/C13H22N2O3/c1-13(6-2-3-7-13)14-12(18)15-8-4-5-10(9-15)11(16)17/h10H,2-9H2,1H3,(H,14,18)(H,16,17)/t10-/m1/s1. The van der Waals surface area contributed by atoms with Gasteiger partial charge in [-0.15, -0.1) is 0 Å². The van der Waals surface area contributed by atoms with Crippen LogP contribution in [-0.2, 0) is 4.79 Å². The quantitative estimate of drug-likeness (QED) is 0.789. The van der Waals surface area contributed by atoms with Crippen LogP contribution in [-0.4, -0.2) is 40.6 Å². The zero-order chi connectivity index (χ0) is 13.2. The SMILES string of the molecule is CC1(NC(=O)N2CCC[C@@H](C(=O)O)C2)CCCC1. The monoisotopic (exact) mass is 254 g/mol. The van der Waals surface area contributed by atoms with Gasteiger partial charge >= 0.3 is 12.0 Å². The molecule has 0 spiro atoms. The lowest BCUT2D eigenvalue weighted by atomic mass is 9.98. The summed E-state index contributed by atoms with van der Waals surface area (Å²) in [5.74, 6) is -1.19. The van der Waals surface area contributed by atoms with E-state index in [-0.39, 0.29) is 11.6 Å². The molecule has 1 saturated carbocycles. The molecule has 5 nitrogen and oxygen atoms in total. The third kappa shape index (κ3) is 2.94. The van der Waals surface area contributed by atoms with Gasteiger partial charge in [0, 0.05) is 18.6 Å². The van der Waals surface area contributed by atoms with Crippen LogP contribution in [0.5, 0.6) is 0 Å². The van der Waals surface area contributed by atoms with Crippen LogP contribution in [0.15, 0.2) is 0 Å². The highest BCUT2D eigenvalue weighted by atomic mass is 16.4. The van der Waals surface area contributed by atoms with Crippen LogP contribution in [0.2, 0.25) is 0 Å². The number of nitrogens with one attached hydrogen (secondary N) is 1. The van der Waals surface area contributed by atoms with Crippen LogP contribution < -0.4 is 5.32 Å². The average Bonchev–Trinajstić information content (AvgIpc) is 2.76. The first-order valence-corrected chi connectivity index (χ1v) is 6.80. The lowest BCUT2D eigenvalue weighted by molar-refractivity contribution is -0.143. The summed E-state index contributed by atoms with van der Waals surface area (Å²) in [4.78, 5) is 24.8. The van der Waals surface area contributed by atoms with Gasteiger partial charge in [-0.1, -0.05) is 12.8 Å². The number of piperidine rings is 1. The predicted octanol–water partition coefficient (Wildman–Crippen LogP) is 1.83. The highest BCUT2D eigenvalue weighted by molar-refractivity contribution is 5.77. The molecule has 1 aliphatic carbocycles. The van der Waals surface area contributed by atoms with Crippen LogP contribution in [0, 0.1) is 5.92 Å². The fraction of sp³-hybridized carbons (Fsp3) is 0.846. The first-order chi connectivity index (χ1) is 8.50. The molecule has 1 saturated heterocycles. The number of carbonyl (C=O) groups is 2. The molecule has 0 aromatic heterocycles. The molecule has 5 heteroatoms. The normalized spacial score (nSPS) is 26.9. The molecule has 1 atom stereocenters. The molecule has 2 aliphatic rings. The number of rotatable bonds is 2. The largest absolute Gasteiger partial charge is 0.481 e. The molecular weight excluding hydrogens is 232 g/mol. The van der Waals surface area contributed by atoms with Gasteiger partial charge in [0.05, 0.1) is 5.92 Å². The summed E-state index contributed by atoms with van der Waals surface area (Å²) < 4.78 is 0. The molecule has 0 aromatic rings. The van der Waals surface area contributed by atoms with Crippen molar-refractivity contribution >= 4 is 12.0 Å². The Morgan fingerprint density at radius 3 is 2.56 bits per heavy atom. The second-order valence-electron chi connectivity index (χ2n) is 5.82. The van der Waals surface area contributed by atoms with E-state index in [1.54, 1.807) is 4.90 Å². The van der Waals surface area contributed by atoms with Crippen molar-refractivity contribution in [2.75, 3.05) is 13.1 Å². The Kier molecular flexibility index (Phi) is 3.78. The van der Waals surface area contributed by atoms with Gasteiger partial charge in [-0.3, -0.25) is 4.79 Å². The molecule has 0 unspecified atom stereocenters. The molecule has 0 radical (unpaired) electrons. The number of amides is 2. The molecule has 1 heterocycles. The van der Waals surface area contributed by atoms with Gasteiger partial charge in [0.15, 0.2) is 0 Å². The molecule has 2 amide bonds. The second kappa shape index (κ2) is 5.16. The molecule has 18 heavy (non-hydrogen) atoms. The molecule has 0 bridgehead atoms. The van der Waals surface area contributed by atoms with E-state index in [9.17, 15) is 9.59 Å². The number of carbonyl (C=O) groups excluding carboxylic acids is 1. The van der Waals surface area contributed by atoms with Crippen molar-refractivity contribution in [2.24, 2.45) is 5.92 Å². The van der Waals surface area contributed by atoms with Crippen LogP contribution >= 0.6 is 0 Å². The minimum Gasteiger partial charge on any atom is -0.481 e. The van der Waals surface area contributed by atoms with Gasteiger partial charge in [-0.2, -0.15) is 0 Å². The maximum Gasteiger partial charge on any atom is 0.317 e. The lowest BCUT2D eigenvalue weighted by Gasteiger charge is -2.34. The first-order valence-electron chi connectivity index (χ1n) is 6.80. The van der Waals surface area contributed by atoms with Crippen LogP contribution in [0.3, 0.4) is 0 Å². The summed E-state index contributed by atoms with van der Waals surface area (Å²) in [6.45, 7) is 3.10. The number of urea groups is 1. The zero-order valence-corrected chi connectivity index (χ0v) is 10.9. The fourth-order valence-electron chi connectivity index (χ4n) is 2.98. The van der Waals surface area contributed by atoms with E-state index in [0.717, 1.165) is 32.1 Å². The van der Waals surface area contributed by atoms with E-state index in [1.807, 2.05) is 0 Å². The zero-order valence-electron chi connectivity index (χ0n) is 10.9. The molecular formula is C13H22N2O3. The maximum atomic E-state index is 12.1. The van der Waals surface area contributed by atoms with E-state index in [2.05, 4.69) is 12.2 Å². The lowest BCUT2D eigenvalue weighted by Crippen LogP contribution is -2.53. The van der Waals surface area contributed by atoms with E-state index >= 15 is 0 Å². The Balaban J connectivity index is 1.90. The Morgan fingerprint density at radius 1 is 1.28 bits per heavy atom. The summed E-state index contributed by atoms with van der Waals surface area (Å²) in [5, 5.41) is 12.1. The van der Waals surface area contributed by atoms with Crippen molar-refractivity contribution in [3.05, 3.63) is 0 Å². The number of hydrogen-bond acceptors (Lipinski definition) is 2. The maximum absolute atomic E-state index is 12.1. The number of nitrogens with zero attached hydrogens (tertiary/aromatic N) is 1. The molecule has 2 N–H and O–H groups in total. The Labute approximate surface area is 108 Å². The number of aliphatic carboxylic acids is 1. The van der Waals surface area contributed by atoms with Crippen LogP contribution in [0.25, 0.3) is 0 Å². The number of carboxylic acids is 1. The molecule has 0 aromatic carbocycles. The first kappa shape index (κ1) is 13.2. The highest BCUT2D eigenvalue weighted by Gasteiger charge is 2.34. The van der Waals surface area contributed by atoms with Gasteiger partial charge in [-0.25, -0.2) is 4.79 Å². The summed E-state index contributed by atoms with van der Waals surface area (Å²) in [6, 6.07) is -0.0923. The number of likely N-dealkylation sites (tertiary alicyclic amines) is 1. The summed E-state index contributed by atoms with van der Waals surface area (Å²) >= 11 is 0. The van der Waals surface area contributed by atoms with Crippen LogP contribution in [0.4, 0.5) is 4.79 Å². The third-order valence-electron chi connectivity index (χ3n) is 4.17. The van der Waals surface area contributed by atoms with E-state index in [4.69, 9.17) is 5.11 Å².